The first-order valence-corrected chi connectivity index (χ1v) is 6.66. The van der Waals surface area contributed by atoms with E-state index in [2.05, 4.69) is 0 Å². The molecule has 1 unspecified atom stereocenters. The van der Waals surface area contributed by atoms with E-state index in [0.29, 0.717) is 5.76 Å². The van der Waals surface area contributed by atoms with Gasteiger partial charge >= 0.3 is 6.16 Å². The number of hydrogen-bond donors (Lipinski definition) is 0. The standard InChI is InChI=1S/C16H16O3/c17-16(18-13-7-2-1-3-8-13)19-15-11-10-12-6-4-5-9-14(12)15/h2,4-7,9,11,13H,1,3,8,10H2. The van der Waals surface area contributed by atoms with Gasteiger partial charge in [-0.2, -0.15) is 0 Å². The molecule has 0 amide bonds. The third kappa shape index (κ3) is 2.70. The lowest BCUT2D eigenvalue weighted by Gasteiger charge is -2.17. The maximum atomic E-state index is 11.8. The van der Waals surface area contributed by atoms with Crippen LogP contribution < -0.4 is 0 Å². The van der Waals surface area contributed by atoms with Crippen LogP contribution in [-0.4, -0.2) is 12.3 Å². The third-order valence-corrected chi connectivity index (χ3v) is 3.44. The van der Waals surface area contributed by atoms with Crippen LogP contribution in [0.15, 0.2) is 42.5 Å². The highest BCUT2D eigenvalue weighted by atomic mass is 16.7. The Morgan fingerprint density at radius 3 is 3.00 bits per heavy atom. The van der Waals surface area contributed by atoms with Crippen LogP contribution in [0.4, 0.5) is 4.79 Å². The Morgan fingerprint density at radius 2 is 2.16 bits per heavy atom. The lowest BCUT2D eigenvalue weighted by Crippen LogP contribution is -2.18. The van der Waals surface area contributed by atoms with Gasteiger partial charge in [-0.3, -0.25) is 0 Å². The van der Waals surface area contributed by atoms with Crippen LogP contribution >= 0.6 is 0 Å². The summed E-state index contributed by atoms with van der Waals surface area (Å²) in [4.78, 5) is 11.8. The van der Waals surface area contributed by atoms with Gasteiger partial charge in [0.05, 0.1) is 0 Å². The molecule has 0 N–H and O–H groups in total. The van der Waals surface area contributed by atoms with Crippen LogP contribution in [0.25, 0.3) is 5.76 Å². The Bertz CT molecular complexity index is 543. The maximum absolute atomic E-state index is 11.8. The van der Waals surface area contributed by atoms with Crippen LogP contribution in [0.3, 0.4) is 0 Å². The highest BCUT2D eigenvalue weighted by Gasteiger charge is 2.20. The lowest BCUT2D eigenvalue weighted by atomic mass is 10.1. The molecule has 19 heavy (non-hydrogen) atoms. The molecule has 1 aromatic carbocycles. The van der Waals surface area contributed by atoms with Crippen molar-refractivity contribution in [2.24, 2.45) is 0 Å². The second kappa shape index (κ2) is 5.31. The van der Waals surface area contributed by atoms with E-state index in [9.17, 15) is 4.79 Å². The van der Waals surface area contributed by atoms with Crippen molar-refractivity contribution < 1.29 is 14.3 Å². The van der Waals surface area contributed by atoms with E-state index < -0.39 is 6.16 Å². The van der Waals surface area contributed by atoms with Crippen LogP contribution in [0.5, 0.6) is 0 Å². The summed E-state index contributed by atoms with van der Waals surface area (Å²) in [6.45, 7) is 0. The summed E-state index contributed by atoms with van der Waals surface area (Å²) in [5.41, 5.74) is 2.17. The monoisotopic (exact) mass is 256 g/mol. The quantitative estimate of drug-likeness (QED) is 0.595. The van der Waals surface area contributed by atoms with Gasteiger partial charge in [-0.15, -0.1) is 0 Å². The minimum atomic E-state index is -0.612. The van der Waals surface area contributed by atoms with Crippen molar-refractivity contribution in [1.82, 2.24) is 0 Å². The van der Waals surface area contributed by atoms with Gasteiger partial charge in [0.15, 0.2) is 0 Å². The number of carbonyl (C=O) groups is 1. The van der Waals surface area contributed by atoms with E-state index in [1.165, 1.54) is 5.56 Å². The third-order valence-electron chi connectivity index (χ3n) is 3.44. The first-order valence-electron chi connectivity index (χ1n) is 6.66. The number of ether oxygens (including phenoxy) is 2. The van der Waals surface area contributed by atoms with E-state index in [4.69, 9.17) is 9.47 Å². The number of rotatable bonds is 2. The molecule has 0 heterocycles. The first-order chi connectivity index (χ1) is 9.33. The SMILES string of the molecule is O=C(OC1=CCc2ccccc21)OC1C=CCCC1. The van der Waals surface area contributed by atoms with E-state index in [1.807, 2.05) is 42.5 Å². The van der Waals surface area contributed by atoms with Crippen molar-refractivity contribution in [2.75, 3.05) is 0 Å². The van der Waals surface area contributed by atoms with Crippen LogP contribution in [0.2, 0.25) is 0 Å². The molecule has 2 aliphatic rings. The molecule has 3 rings (SSSR count). The summed E-state index contributed by atoms with van der Waals surface area (Å²) in [6.07, 6.45) is 8.95. The average molecular weight is 256 g/mol. The molecule has 0 saturated carbocycles. The zero-order chi connectivity index (χ0) is 13.1. The molecule has 0 spiro atoms. The fourth-order valence-corrected chi connectivity index (χ4v) is 2.46. The van der Waals surface area contributed by atoms with Crippen LogP contribution in [0.1, 0.15) is 30.4 Å². The molecule has 0 aliphatic heterocycles. The van der Waals surface area contributed by atoms with Gasteiger partial charge in [0.2, 0.25) is 0 Å². The predicted molar refractivity (Wildman–Crippen MR) is 72.5 cm³/mol. The van der Waals surface area contributed by atoms with Gasteiger partial charge in [0.25, 0.3) is 0 Å². The highest BCUT2D eigenvalue weighted by Crippen LogP contribution is 2.28. The van der Waals surface area contributed by atoms with Crippen molar-refractivity contribution in [3.8, 4) is 0 Å². The van der Waals surface area contributed by atoms with E-state index in [0.717, 1.165) is 31.2 Å². The molecule has 0 fully saturated rings. The van der Waals surface area contributed by atoms with Crippen molar-refractivity contribution in [3.63, 3.8) is 0 Å². The van der Waals surface area contributed by atoms with Gasteiger partial charge in [0, 0.05) is 5.56 Å². The minimum Gasteiger partial charge on any atom is -0.426 e. The number of fused-ring (bicyclic) bond motifs is 1. The second-order valence-corrected chi connectivity index (χ2v) is 4.80. The van der Waals surface area contributed by atoms with Crippen molar-refractivity contribution in [3.05, 3.63) is 53.6 Å². The van der Waals surface area contributed by atoms with Gasteiger partial charge in [-0.05, 0) is 43.4 Å². The second-order valence-electron chi connectivity index (χ2n) is 4.80. The summed E-state index contributed by atoms with van der Waals surface area (Å²) >= 11 is 0. The summed E-state index contributed by atoms with van der Waals surface area (Å²) in [5.74, 6) is 0.611. The molecular formula is C16H16O3. The Morgan fingerprint density at radius 1 is 1.26 bits per heavy atom. The number of hydrogen-bond acceptors (Lipinski definition) is 3. The fourth-order valence-electron chi connectivity index (χ4n) is 2.46. The lowest BCUT2D eigenvalue weighted by molar-refractivity contribution is 0.0635. The Balaban J connectivity index is 1.62. The van der Waals surface area contributed by atoms with Gasteiger partial charge in [-0.25, -0.2) is 4.79 Å². The largest absolute Gasteiger partial charge is 0.514 e. The average Bonchev–Trinajstić information content (AvgIpc) is 2.83. The van der Waals surface area contributed by atoms with E-state index in [1.54, 1.807) is 0 Å². The molecule has 1 atom stereocenters. The molecule has 0 aromatic heterocycles. The van der Waals surface area contributed by atoms with Crippen molar-refractivity contribution >= 4 is 11.9 Å². The zero-order valence-corrected chi connectivity index (χ0v) is 10.7. The summed E-state index contributed by atoms with van der Waals surface area (Å²) in [6, 6.07) is 7.93. The van der Waals surface area contributed by atoms with Crippen LogP contribution in [0, 0.1) is 0 Å². The topological polar surface area (TPSA) is 35.5 Å². The molecule has 1 aromatic rings. The Labute approximate surface area is 112 Å². The molecule has 0 radical (unpaired) electrons. The molecule has 3 heteroatoms. The Kier molecular flexibility index (Phi) is 3.36. The van der Waals surface area contributed by atoms with Crippen LogP contribution in [-0.2, 0) is 15.9 Å². The zero-order valence-electron chi connectivity index (χ0n) is 10.7. The number of carbonyl (C=O) groups excluding carboxylic acids is 1. The molecular weight excluding hydrogens is 240 g/mol. The van der Waals surface area contributed by atoms with E-state index in [-0.39, 0.29) is 6.10 Å². The molecule has 98 valence electrons. The van der Waals surface area contributed by atoms with Gasteiger partial charge < -0.3 is 9.47 Å². The smallest absolute Gasteiger partial charge is 0.426 e. The van der Waals surface area contributed by atoms with Crippen molar-refractivity contribution in [1.29, 1.82) is 0 Å². The summed E-state index contributed by atoms with van der Waals surface area (Å²) in [5, 5.41) is 0. The molecule has 0 bridgehead atoms. The van der Waals surface area contributed by atoms with Gasteiger partial charge in [-0.1, -0.05) is 30.3 Å². The molecule has 2 aliphatic carbocycles. The first kappa shape index (κ1) is 12.0. The highest BCUT2D eigenvalue weighted by molar-refractivity contribution is 5.76. The fraction of sp³-hybridized carbons (Fsp3) is 0.312. The molecule has 0 saturated heterocycles. The summed E-state index contributed by atoms with van der Waals surface area (Å²) < 4.78 is 10.6. The number of allylic oxidation sites excluding steroid dienone is 2. The van der Waals surface area contributed by atoms with E-state index >= 15 is 0 Å². The minimum absolute atomic E-state index is 0.140. The van der Waals surface area contributed by atoms with Crippen molar-refractivity contribution in [2.45, 2.75) is 31.8 Å². The summed E-state index contributed by atoms with van der Waals surface area (Å²) in [7, 11) is 0. The number of benzene rings is 1. The maximum Gasteiger partial charge on any atom is 0.514 e. The molecule has 3 nitrogen and oxygen atoms in total. The predicted octanol–water partition coefficient (Wildman–Crippen LogP) is 3.85. The Hall–Kier alpha value is -2.03. The van der Waals surface area contributed by atoms with Gasteiger partial charge in [0.1, 0.15) is 11.9 Å². The normalized spacial score (nSPS) is 20.6.